The summed E-state index contributed by atoms with van der Waals surface area (Å²) in [6.07, 6.45) is 7.02. The molecule has 5 rings (SSSR count). The topological polar surface area (TPSA) is 172 Å². The number of Topliss-reactive ketones (excluding diaryl/α,β-unsaturated/α-hetero) is 1. The van der Waals surface area contributed by atoms with Gasteiger partial charge in [0.1, 0.15) is 18.1 Å². The highest BCUT2D eigenvalue weighted by Crippen LogP contribution is 2.31. The molecule has 214 valence electrons. The fourth-order valence-electron chi connectivity index (χ4n) is 5.36. The number of hydrogen-bond acceptors (Lipinski definition) is 11. The van der Waals surface area contributed by atoms with Gasteiger partial charge in [0.2, 0.25) is 0 Å². The first kappa shape index (κ1) is 28.2. The van der Waals surface area contributed by atoms with Gasteiger partial charge in [0.25, 0.3) is 5.91 Å². The normalized spacial score (nSPS) is 19.8. The van der Waals surface area contributed by atoms with Crippen molar-refractivity contribution >= 4 is 29.5 Å². The van der Waals surface area contributed by atoms with Gasteiger partial charge < -0.3 is 25.9 Å². The average Bonchev–Trinajstić information content (AvgIpc) is 3.72. The number of hydrazine groups is 1. The Morgan fingerprint density at radius 2 is 2.12 bits per heavy atom. The highest BCUT2D eigenvalue weighted by molar-refractivity contribution is 6.00. The Morgan fingerprint density at radius 1 is 1.27 bits per heavy atom. The lowest BCUT2D eigenvalue weighted by Gasteiger charge is -2.30. The zero-order valence-electron chi connectivity index (χ0n) is 23.0. The molecule has 0 spiro atoms. The molecule has 1 amide bonds. The van der Waals surface area contributed by atoms with Crippen LogP contribution in [0.5, 0.6) is 0 Å². The van der Waals surface area contributed by atoms with E-state index in [2.05, 4.69) is 37.8 Å². The third-order valence-electron chi connectivity index (χ3n) is 7.31. The van der Waals surface area contributed by atoms with E-state index in [1.807, 2.05) is 17.9 Å². The number of aromatic nitrogens is 4. The van der Waals surface area contributed by atoms with Gasteiger partial charge in [0.05, 0.1) is 37.0 Å². The molecule has 3 aromatic rings. The average molecular weight is 560 g/mol. The summed E-state index contributed by atoms with van der Waals surface area (Å²) in [5.74, 6) is 5.74. The van der Waals surface area contributed by atoms with Crippen LogP contribution in [0.15, 0.2) is 29.5 Å². The van der Waals surface area contributed by atoms with E-state index in [0.717, 1.165) is 24.0 Å². The molecule has 2 aliphatic rings. The summed E-state index contributed by atoms with van der Waals surface area (Å²) in [6, 6.07) is 3.74. The Labute approximate surface area is 237 Å². The number of likely N-dealkylation sites (tertiary alicyclic amines) is 1. The lowest BCUT2D eigenvalue weighted by atomic mass is 10.0. The third kappa shape index (κ3) is 5.90. The van der Waals surface area contributed by atoms with Crippen molar-refractivity contribution < 1.29 is 19.4 Å². The number of rotatable bonds is 9. The molecule has 5 N–H and O–H groups in total. The number of hydrogen-bond donors (Lipinski definition) is 4. The van der Waals surface area contributed by atoms with Crippen molar-refractivity contribution in [1.29, 1.82) is 0 Å². The zero-order chi connectivity index (χ0) is 28.9. The first-order chi connectivity index (χ1) is 19.9. The van der Waals surface area contributed by atoms with Crippen LogP contribution >= 0.6 is 0 Å². The molecule has 0 radical (unpaired) electrons. The van der Waals surface area contributed by atoms with Crippen molar-refractivity contribution in [1.82, 2.24) is 35.3 Å². The van der Waals surface area contributed by atoms with Gasteiger partial charge in [-0.3, -0.25) is 9.59 Å². The predicted molar refractivity (Wildman–Crippen MR) is 152 cm³/mol. The van der Waals surface area contributed by atoms with E-state index in [1.165, 1.54) is 17.8 Å². The third-order valence-corrected chi connectivity index (χ3v) is 7.31. The van der Waals surface area contributed by atoms with Crippen LogP contribution in [-0.4, -0.2) is 85.7 Å². The van der Waals surface area contributed by atoms with Crippen molar-refractivity contribution in [3.63, 3.8) is 0 Å². The minimum Gasteiger partial charge on any atom is -0.394 e. The smallest absolute Gasteiger partial charge is 0.264 e. The molecule has 41 heavy (non-hydrogen) atoms. The molecule has 0 aromatic carbocycles. The number of carbonyl (C=O) groups is 2. The summed E-state index contributed by atoms with van der Waals surface area (Å²) in [6.45, 7) is 3.90. The number of fused-ring (bicyclic) bond motifs is 1. The van der Waals surface area contributed by atoms with Crippen LogP contribution in [0.25, 0.3) is 16.8 Å². The van der Waals surface area contributed by atoms with E-state index in [0.29, 0.717) is 35.4 Å². The number of aliphatic imine (C=N–C) groups is 1. The summed E-state index contributed by atoms with van der Waals surface area (Å²) < 4.78 is 6.62. The number of anilines is 1. The van der Waals surface area contributed by atoms with E-state index in [4.69, 9.17) is 20.6 Å². The van der Waals surface area contributed by atoms with Crippen LogP contribution < -0.4 is 16.6 Å². The molecule has 2 aliphatic heterocycles. The van der Waals surface area contributed by atoms with Crippen molar-refractivity contribution in [3.05, 3.63) is 41.5 Å². The monoisotopic (exact) mass is 559 g/mol. The van der Waals surface area contributed by atoms with Crippen molar-refractivity contribution in [2.45, 2.75) is 57.8 Å². The molecule has 2 unspecified atom stereocenters. The Morgan fingerprint density at radius 3 is 2.83 bits per heavy atom. The van der Waals surface area contributed by atoms with E-state index < -0.39 is 6.17 Å². The van der Waals surface area contributed by atoms with Gasteiger partial charge >= 0.3 is 0 Å². The van der Waals surface area contributed by atoms with Crippen LogP contribution in [-0.2, 0) is 16.0 Å². The Hall–Kier alpha value is -4.38. The van der Waals surface area contributed by atoms with Gasteiger partial charge in [-0.25, -0.2) is 20.4 Å². The number of aliphatic hydroxyl groups excluding tert-OH is 1. The lowest BCUT2D eigenvalue weighted by Crippen LogP contribution is -2.50. The SMILES string of the molecule is CC(=O)c1c(CCC2CC[C@@H](C)N2C(=O)C2N=CNN2)nc2c(-c3ccc(C#CCOCCO)nc3)cnn2c1N. The van der Waals surface area contributed by atoms with Gasteiger partial charge in [-0.05, 0) is 57.6 Å². The van der Waals surface area contributed by atoms with E-state index in [-0.39, 0.29) is 49.4 Å². The largest absolute Gasteiger partial charge is 0.394 e. The number of ketones is 1. The molecule has 1 saturated heterocycles. The van der Waals surface area contributed by atoms with E-state index >= 15 is 0 Å². The quantitative estimate of drug-likeness (QED) is 0.166. The number of pyridine rings is 1. The van der Waals surface area contributed by atoms with Gasteiger partial charge in [-0.2, -0.15) is 9.61 Å². The molecule has 1 fully saturated rings. The van der Waals surface area contributed by atoms with E-state index in [1.54, 1.807) is 18.5 Å². The summed E-state index contributed by atoms with van der Waals surface area (Å²) >= 11 is 0. The standard InChI is InChI=1S/C28H33N9O4/c1-17-5-8-21(36(17)28(40)26-31-16-32-35-26)9-10-23-24(18(2)39)25(29)37-27(34-23)22(15-33-37)19-6-7-20(30-14-19)4-3-12-41-13-11-38/h6-7,14-17,21,26,35,38H,5,8-13,29H2,1-2H3,(H,31,32)/t17-,21?,26?/m1/s1. The van der Waals surface area contributed by atoms with Crippen molar-refractivity contribution in [2.24, 2.45) is 4.99 Å². The van der Waals surface area contributed by atoms with Gasteiger partial charge in [-0.1, -0.05) is 5.92 Å². The molecule has 13 nitrogen and oxygen atoms in total. The molecular formula is C28H33N9O4. The second-order valence-electron chi connectivity index (χ2n) is 10.0. The molecule has 0 bridgehead atoms. The molecule has 13 heteroatoms. The lowest BCUT2D eigenvalue weighted by molar-refractivity contribution is -0.135. The Kier molecular flexibility index (Phi) is 8.53. The van der Waals surface area contributed by atoms with Crippen LogP contribution in [0, 0.1) is 11.8 Å². The fraction of sp³-hybridized carbons (Fsp3) is 0.429. The first-order valence-electron chi connectivity index (χ1n) is 13.5. The van der Waals surface area contributed by atoms with E-state index in [9.17, 15) is 9.59 Å². The number of amides is 1. The molecule has 3 atom stereocenters. The first-order valence-corrected chi connectivity index (χ1v) is 13.5. The number of nitrogens with one attached hydrogen (secondary N) is 2. The minimum atomic E-state index is -0.643. The van der Waals surface area contributed by atoms with Gasteiger partial charge in [0.15, 0.2) is 17.6 Å². The van der Waals surface area contributed by atoms with Gasteiger partial charge in [-0.15, -0.1) is 0 Å². The fourth-order valence-corrected chi connectivity index (χ4v) is 5.36. The second kappa shape index (κ2) is 12.4. The van der Waals surface area contributed by atoms with Gasteiger partial charge in [0, 0.05) is 29.4 Å². The summed E-state index contributed by atoms with van der Waals surface area (Å²) in [5.41, 5.74) is 15.6. The number of aliphatic hydroxyl groups is 1. The summed E-state index contributed by atoms with van der Waals surface area (Å²) in [5, 5.41) is 13.2. The van der Waals surface area contributed by atoms with Crippen LogP contribution in [0.1, 0.15) is 54.9 Å². The maximum absolute atomic E-state index is 13.2. The predicted octanol–water partition coefficient (Wildman–Crippen LogP) is 0.711. The number of nitrogen functional groups attached to an aromatic ring is 1. The number of nitrogens with zero attached hydrogens (tertiary/aromatic N) is 6. The second-order valence-corrected chi connectivity index (χ2v) is 10.0. The molecule has 0 saturated carbocycles. The van der Waals surface area contributed by atoms with Crippen molar-refractivity contribution in [2.75, 3.05) is 25.6 Å². The maximum Gasteiger partial charge on any atom is 0.264 e. The zero-order valence-corrected chi connectivity index (χ0v) is 23.0. The Bertz CT molecular complexity index is 1520. The highest BCUT2D eigenvalue weighted by Gasteiger charge is 2.38. The summed E-state index contributed by atoms with van der Waals surface area (Å²) in [4.78, 5) is 41.2. The Balaban J connectivity index is 1.39. The van der Waals surface area contributed by atoms with Crippen LogP contribution in [0.4, 0.5) is 5.82 Å². The number of ether oxygens (including phenoxy) is 1. The van der Waals surface area contributed by atoms with Crippen LogP contribution in [0.3, 0.4) is 0 Å². The summed E-state index contributed by atoms with van der Waals surface area (Å²) in [7, 11) is 0. The number of carbonyl (C=O) groups excluding carboxylic acids is 2. The minimum absolute atomic E-state index is 0.00886. The maximum atomic E-state index is 13.2. The number of aryl methyl sites for hydroxylation is 1. The number of nitrogens with two attached hydrogens (primary N) is 1. The molecular weight excluding hydrogens is 526 g/mol. The van der Waals surface area contributed by atoms with Crippen LogP contribution in [0.2, 0.25) is 0 Å². The molecule has 3 aromatic heterocycles. The molecule has 5 heterocycles. The van der Waals surface area contributed by atoms with Crippen molar-refractivity contribution in [3.8, 4) is 23.0 Å². The highest BCUT2D eigenvalue weighted by atomic mass is 16.5. The molecule has 0 aliphatic carbocycles.